The van der Waals surface area contributed by atoms with Gasteiger partial charge in [-0.25, -0.2) is 9.67 Å². The molecule has 18 heavy (non-hydrogen) atoms. The van der Waals surface area contributed by atoms with Crippen LogP contribution in [0.5, 0.6) is 0 Å². The third-order valence-corrected chi connectivity index (χ3v) is 2.50. The molecular formula is C11H11ClN6. The predicted molar refractivity (Wildman–Crippen MR) is 69.6 cm³/mol. The number of halogens is 1. The third kappa shape index (κ3) is 2.03. The van der Waals surface area contributed by atoms with Crippen molar-refractivity contribution < 1.29 is 0 Å². The smallest absolute Gasteiger partial charge is 0.145 e. The van der Waals surface area contributed by atoms with E-state index in [1.807, 2.05) is 18.2 Å². The second-order valence-corrected chi connectivity index (χ2v) is 3.52. The van der Waals surface area contributed by atoms with Crippen LogP contribution in [0.25, 0.3) is 16.7 Å². The fraction of sp³-hybridized carbons (Fsp3) is 0.0909. The van der Waals surface area contributed by atoms with Crippen molar-refractivity contribution in [3.8, 4) is 5.69 Å². The van der Waals surface area contributed by atoms with E-state index in [4.69, 9.17) is 5.73 Å². The van der Waals surface area contributed by atoms with E-state index in [-0.39, 0.29) is 12.4 Å². The summed E-state index contributed by atoms with van der Waals surface area (Å²) in [6, 6.07) is 5.74. The number of rotatable bonds is 2. The van der Waals surface area contributed by atoms with Crippen LogP contribution in [0.15, 0.2) is 36.9 Å². The minimum Gasteiger partial charge on any atom is -0.324 e. The van der Waals surface area contributed by atoms with Crippen LogP contribution in [0.1, 0.15) is 5.82 Å². The maximum absolute atomic E-state index is 5.59. The highest BCUT2D eigenvalue weighted by Crippen LogP contribution is 2.14. The van der Waals surface area contributed by atoms with E-state index in [1.54, 1.807) is 17.1 Å². The largest absolute Gasteiger partial charge is 0.324 e. The third-order valence-electron chi connectivity index (χ3n) is 2.50. The highest BCUT2D eigenvalue weighted by atomic mass is 35.5. The molecule has 6 nitrogen and oxygen atoms in total. The molecule has 0 radical (unpaired) electrons. The molecule has 0 saturated carbocycles. The minimum absolute atomic E-state index is 0. The number of hydrogen-bond acceptors (Lipinski definition) is 5. The molecule has 0 spiro atoms. The zero-order chi connectivity index (χ0) is 11.7. The summed E-state index contributed by atoms with van der Waals surface area (Å²) in [6.45, 7) is 0.346. The van der Waals surface area contributed by atoms with Gasteiger partial charge in [0.2, 0.25) is 0 Å². The van der Waals surface area contributed by atoms with Gasteiger partial charge < -0.3 is 5.73 Å². The van der Waals surface area contributed by atoms with Crippen molar-refractivity contribution in [2.24, 2.45) is 5.73 Å². The van der Waals surface area contributed by atoms with Crippen molar-refractivity contribution in [1.82, 2.24) is 24.7 Å². The van der Waals surface area contributed by atoms with E-state index in [9.17, 15) is 0 Å². The van der Waals surface area contributed by atoms with E-state index < -0.39 is 0 Å². The van der Waals surface area contributed by atoms with Crippen molar-refractivity contribution in [3.63, 3.8) is 0 Å². The molecule has 2 heterocycles. The Morgan fingerprint density at radius 2 is 1.83 bits per heavy atom. The summed E-state index contributed by atoms with van der Waals surface area (Å²) in [5, 5.41) is 4.14. The maximum Gasteiger partial charge on any atom is 0.145 e. The van der Waals surface area contributed by atoms with Gasteiger partial charge in [-0.3, -0.25) is 9.97 Å². The topological polar surface area (TPSA) is 82.5 Å². The van der Waals surface area contributed by atoms with Crippen molar-refractivity contribution >= 4 is 23.4 Å². The van der Waals surface area contributed by atoms with Gasteiger partial charge in [0.05, 0.1) is 23.3 Å². The lowest BCUT2D eigenvalue weighted by Gasteiger charge is -2.04. The molecule has 0 amide bonds. The first-order valence-corrected chi connectivity index (χ1v) is 5.18. The summed E-state index contributed by atoms with van der Waals surface area (Å²) in [4.78, 5) is 12.5. The van der Waals surface area contributed by atoms with E-state index >= 15 is 0 Å². The highest BCUT2D eigenvalue weighted by Gasteiger charge is 2.05. The standard InChI is InChI=1S/C11H10N6.ClH/c12-6-11-15-7-16-17(11)8-1-2-9-10(5-8)14-4-3-13-9;/h1-5,7H,6,12H2;1H. The normalized spacial score (nSPS) is 10.3. The van der Waals surface area contributed by atoms with Gasteiger partial charge in [-0.05, 0) is 18.2 Å². The van der Waals surface area contributed by atoms with E-state index in [2.05, 4.69) is 20.1 Å². The van der Waals surface area contributed by atoms with Crippen LogP contribution in [0, 0.1) is 0 Å². The fourth-order valence-electron chi connectivity index (χ4n) is 1.70. The summed E-state index contributed by atoms with van der Waals surface area (Å²) in [5.41, 5.74) is 8.15. The Labute approximate surface area is 109 Å². The average molecular weight is 263 g/mol. The lowest BCUT2D eigenvalue weighted by atomic mass is 10.2. The number of benzene rings is 1. The molecule has 0 bridgehead atoms. The minimum atomic E-state index is 0. The number of nitrogens with two attached hydrogens (primary N) is 1. The summed E-state index contributed by atoms with van der Waals surface area (Å²) in [6.07, 6.45) is 4.82. The van der Waals surface area contributed by atoms with Crippen LogP contribution in [0.4, 0.5) is 0 Å². The Kier molecular flexibility index (Phi) is 3.50. The molecule has 0 aliphatic rings. The SMILES string of the molecule is Cl.NCc1ncnn1-c1ccc2nccnc2c1. The second kappa shape index (κ2) is 5.07. The van der Waals surface area contributed by atoms with Crippen molar-refractivity contribution in [2.75, 3.05) is 0 Å². The first-order valence-electron chi connectivity index (χ1n) is 5.18. The van der Waals surface area contributed by atoms with Crippen LogP contribution in [-0.4, -0.2) is 24.7 Å². The van der Waals surface area contributed by atoms with Gasteiger partial charge in [0.1, 0.15) is 12.2 Å². The molecule has 7 heteroatoms. The second-order valence-electron chi connectivity index (χ2n) is 3.52. The quantitative estimate of drug-likeness (QED) is 0.748. The molecule has 92 valence electrons. The fourth-order valence-corrected chi connectivity index (χ4v) is 1.70. The summed E-state index contributed by atoms with van der Waals surface area (Å²) < 4.78 is 1.70. The number of fused-ring (bicyclic) bond motifs is 1. The maximum atomic E-state index is 5.59. The monoisotopic (exact) mass is 262 g/mol. The van der Waals surface area contributed by atoms with Crippen molar-refractivity contribution in [3.05, 3.63) is 42.7 Å². The Bertz CT molecular complexity index is 665. The van der Waals surface area contributed by atoms with E-state index in [0.29, 0.717) is 12.4 Å². The van der Waals surface area contributed by atoms with Gasteiger partial charge in [0, 0.05) is 12.4 Å². The first-order chi connectivity index (χ1) is 8.38. The lowest BCUT2D eigenvalue weighted by Crippen LogP contribution is -2.08. The van der Waals surface area contributed by atoms with E-state index in [1.165, 1.54) is 6.33 Å². The van der Waals surface area contributed by atoms with Crippen LogP contribution in [0.2, 0.25) is 0 Å². The van der Waals surface area contributed by atoms with Gasteiger partial charge in [-0.2, -0.15) is 5.10 Å². The average Bonchev–Trinajstić information content (AvgIpc) is 2.86. The van der Waals surface area contributed by atoms with Crippen LogP contribution >= 0.6 is 12.4 Å². The molecule has 3 rings (SSSR count). The molecule has 2 N–H and O–H groups in total. The van der Waals surface area contributed by atoms with Crippen molar-refractivity contribution in [2.45, 2.75) is 6.54 Å². The predicted octanol–water partition coefficient (Wildman–Crippen LogP) is 1.09. The molecule has 0 atom stereocenters. The zero-order valence-electron chi connectivity index (χ0n) is 9.39. The number of hydrogen-bond donors (Lipinski definition) is 1. The molecule has 0 unspecified atom stereocenters. The van der Waals surface area contributed by atoms with Crippen LogP contribution in [0.3, 0.4) is 0 Å². The van der Waals surface area contributed by atoms with Crippen LogP contribution in [-0.2, 0) is 6.54 Å². The Morgan fingerprint density at radius 3 is 2.61 bits per heavy atom. The van der Waals surface area contributed by atoms with Crippen LogP contribution < -0.4 is 5.73 Å². The Balaban J connectivity index is 0.00000120. The molecule has 1 aromatic carbocycles. The molecule has 0 fully saturated rings. The first kappa shape index (κ1) is 12.4. The van der Waals surface area contributed by atoms with Gasteiger partial charge in [0.25, 0.3) is 0 Å². The van der Waals surface area contributed by atoms with Gasteiger partial charge >= 0.3 is 0 Å². The molecule has 0 aliphatic carbocycles. The summed E-state index contributed by atoms with van der Waals surface area (Å²) in [7, 11) is 0. The van der Waals surface area contributed by atoms with Crippen molar-refractivity contribution in [1.29, 1.82) is 0 Å². The molecule has 0 aliphatic heterocycles. The lowest BCUT2D eigenvalue weighted by molar-refractivity contribution is 0.790. The summed E-state index contributed by atoms with van der Waals surface area (Å²) >= 11 is 0. The van der Waals surface area contributed by atoms with Gasteiger partial charge in [-0.1, -0.05) is 0 Å². The summed E-state index contributed by atoms with van der Waals surface area (Å²) in [5.74, 6) is 0.716. The molecular weight excluding hydrogens is 252 g/mol. The van der Waals surface area contributed by atoms with Gasteiger partial charge in [-0.15, -0.1) is 12.4 Å². The van der Waals surface area contributed by atoms with Gasteiger partial charge in [0.15, 0.2) is 0 Å². The number of nitrogens with zero attached hydrogens (tertiary/aromatic N) is 5. The number of aromatic nitrogens is 5. The Hall–Kier alpha value is -2.05. The molecule has 3 aromatic rings. The Morgan fingerprint density at radius 1 is 1.06 bits per heavy atom. The highest BCUT2D eigenvalue weighted by molar-refractivity contribution is 5.85. The van der Waals surface area contributed by atoms with E-state index in [0.717, 1.165) is 16.7 Å². The zero-order valence-corrected chi connectivity index (χ0v) is 10.2. The molecule has 2 aromatic heterocycles. The molecule has 0 saturated heterocycles.